The topological polar surface area (TPSA) is 21.3 Å². The molecule has 0 aliphatic heterocycles. The van der Waals surface area contributed by atoms with Crippen LogP contribution >= 0.6 is 0 Å². The highest BCUT2D eigenvalue weighted by Crippen LogP contribution is 2.44. The summed E-state index contributed by atoms with van der Waals surface area (Å²) >= 11 is 0. The van der Waals surface area contributed by atoms with Crippen molar-refractivity contribution in [3.8, 4) is 28.1 Å². The van der Waals surface area contributed by atoms with Crippen LogP contribution in [0.15, 0.2) is 199 Å². The third-order valence-corrected chi connectivity index (χ3v) is 9.96. The molecule has 0 bridgehead atoms. The molecule has 240 valence electrons. The summed E-state index contributed by atoms with van der Waals surface area (Å²) < 4.78 is 8.79. The molecule has 0 N–H and O–H groups in total. The quantitative estimate of drug-likeness (QED) is 0.178. The molecule has 0 amide bonds. The highest BCUT2D eigenvalue weighted by molar-refractivity contribution is 6.16. The number of anilines is 3. The van der Waals surface area contributed by atoms with Crippen LogP contribution in [0.2, 0.25) is 0 Å². The number of para-hydroxylation sites is 3. The van der Waals surface area contributed by atoms with Crippen molar-refractivity contribution in [1.82, 2.24) is 4.57 Å². The molecular formula is C48H32N2O. The lowest BCUT2D eigenvalue weighted by Crippen LogP contribution is -2.10. The highest BCUT2D eigenvalue weighted by Gasteiger charge is 2.21. The van der Waals surface area contributed by atoms with Crippen LogP contribution in [0.1, 0.15) is 0 Å². The van der Waals surface area contributed by atoms with E-state index in [1.807, 2.05) is 18.2 Å². The number of fused-ring (bicyclic) bond motifs is 6. The smallest absolute Gasteiger partial charge is 0.142 e. The standard InChI is InChI=1S/C48H32N2O/c1-4-13-34(14-5-1)46-32-37-24-23-36-31-35(27-30-41(36)48(37)51-46)33-25-28-40(29-26-33)49(38-15-6-2-7-16-38)44-21-12-22-45-47(44)42-19-10-11-20-43(42)50(45)39-17-8-3-9-18-39/h1-32H. The second-order valence-electron chi connectivity index (χ2n) is 13.0. The fourth-order valence-corrected chi connectivity index (χ4v) is 7.60. The molecule has 0 atom stereocenters. The van der Waals surface area contributed by atoms with Crippen molar-refractivity contribution in [2.75, 3.05) is 4.90 Å². The summed E-state index contributed by atoms with van der Waals surface area (Å²) in [6.45, 7) is 0. The monoisotopic (exact) mass is 652 g/mol. The van der Waals surface area contributed by atoms with Gasteiger partial charge in [0.25, 0.3) is 0 Å². The van der Waals surface area contributed by atoms with E-state index in [-0.39, 0.29) is 0 Å². The van der Waals surface area contributed by atoms with Gasteiger partial charge in [-0.25, -0.2) is 0 Å². The molecule has 0 spiro atoms. The average Bonchev–Trinajstić information content (AvgIpc) is 3.80. The van der Waals surface area contributed by atoms with Gasteiger partial charge in [0, 0.05) is 44.2 Å². The van der Waals surface area contributed by atoms with E-state index < -0.39 is 0 Å². The zero-order valence-corrected chi connectivity index (χ0v) is 27.8. The number of rotatable bonds is 6. The van der Waals surface area contributed by atoms with Crippen molar-refractivity contribution >= 4 is 60.6 Å². The normalized spacial score (nSPS) is 11.5. The Kier molecular flexibility index (Phi) is 6.81. The van der Waals surface area contributed by atoms with Gasteiger partial charge in [-0.1, -0.05) is 121 Å². The van der Waals surface area contributed by atoms with Crippen molar-refractivity contribution < 1.29 is 4.42 Å². The van der Waals surface area contributed by atoms with E-state index in [1.165, 1.54) is 27.4 Å². The molecule has 0 aliphatic rings. The largest absolute Gasteiger partial charge is 0.455 e. The number of nitrogens with zero attached hydrogens (tertiary/aromatic N) is 2. The van der Waals surface area contributed by atoms with Gasteiger partial charge in [-0.05, 0) is 89.3 Å². The molecule has 0 unspecified atom stereocenters. The summed E-state index contributed by atoms with van der Waals surface area (Å²) in [5.41, 5.74) is 11.2. The molecule has 51 heavy (non-hydrogen) atoms. The Morgan fingerprint density at radius 1 is 0.412 bits per heavy atom. The Morgan fingerprint density at radius 2 is 1.06 bits per heavy atom. The number of hydrogen-bond donors (Lipinski definition) is 0. The molecule has 8 aromatic carbocycles. The Morgan fingerprint density at radius 3 is 1.86 bits per heavy atom. The minimum absolute atomic E-state index is 0.890. The average molecular weight is 653 g/mol. The third-order valence-electron chi connectivity index (χ3n) is 9.96. The maximum absolute atomic E-state index is 6.42. The Hall–Kier alpha value is -6.84. The van der Waals surface area contributed by atoms with E-state index in [1.54, 1.807) is 0 Å². The minimum atomic E-state index is 0.890. The number of furan rings is 1. The van der Waals surface area contributed by atoms with Crippen LogP contribution in [0.4, 0.5) is 17.1 Å². The van der Waals surface area contributed by atoms with Crippen LogP contribution in [0.5, 0.6) is 0 Å². The van der Waals surface area contributed by atoms with Crippen LogP contribution in [0, 0.1) is 0 Å². The van der Waals surface area contributed by atoms with Crippen LogP contribution in [0.3, 0.4) is 0 Å². The van der Waals surface area contributed by atoms with E-state index >= 15 is 0 Å². The summed E-state index contributed by atoms with van der Waals surface area (Å²) in [6.07, 6.45) is 0. The Labute approximate surface area is 295 Å². The van der Waals surface area contributed by atoms with Gasteiger partial charge in [0.2, 0.25) is 0 Å². The lowest BCUT2D eigenvalue weighted by Gasteiger charge is -2.26. The second-order valence-corrected chi connectivity index (χ2v) is 13.0. The number of benzene rings is 8. The minimum Gasteiger partial charge on any atom is -0.455 e. The molecule has 0 saturated heterocycles. The maximum atomic E-state index is 6.42. The van der Waals surface area contributed by atoms with Crippen molar-refractivity contribution in [1.29, 1.82) is 0 Å². The molecular weight excluding hydrogens is 621 g/mol. The van der Waals surface area contributed by atoms with Crippen molar-refractivity contribution in [3.05, 3.63) is 194 Å². The molecule has 0 aliphatic carbocycles. The van der Waals surface area contributed by atoms with E-state index in [0.29, 0.717) is 0 Å². The van der Waals surface area contributed by atoms with Gasteiger partial charge in [0.15, 0.2) is 0 Å². The van der Waals surface area contributed by atoms with Crippen molar-refractivity contribution in [2.45, 2.75) is 0 Å². The molecule has 0 radical (unpaired) electrons. The van der Waals surface area contributed by atoms with Gasteiger partial charge >= 0.3 is 0 Å². The lowest BCUT2D eigenvalue weighted by molar-refractivity contribution is 0.635. The Balaban J connectivity index is 1.08. The fourth-order valence-electron chi connectivity index (χ4n) is 7.60. The fraction of sp³-hybridized carbons (Fsp3) is 0. The van der Waals surface area contributed by atoms with E-state index in [9.17, 15) is 0 Å². The zero-order chi connectivity index (χ0) is 33.7. The summed E-state index contributed by atoms with van der Waals surface area (Å²) in [6, 6.07) is 69.1. The SMILES string of the molecule is c1ccc(-c2cc3ccc4cc(-c5ccc(N(c6ccccc6)c6cccc7c6c6ccccc6n7-c6ccccc6)cc5)ccc4c3o2)cc1. The van der Waals surface area contributed by atoms with Crippen LogP contribution < -0.4 is 4.90 Å². The molecule has 2 aromatic heterocycles. The van der Waals surface area contributed by atoms with Gasteiger partial charge in [-0.15, -0.1) is 0 Å². The first kappa shape index (κ1) is 29.1. The molecule has 10 rings (SSSR count). The van der Waals surface area contributed by atoms with Gasteiger partial charge in [0.05, 0.1) is 16.7 Å². The summed E-state index contributed by atoms with van der Waals surface area (Å²) in [5.74, 6) is 0.890. The third kappa shape index (κ3) is 4.90. The van der Waals surface area contributed by atoms with Crippen LogP contribution in [0.25, 0.3) is 71.7 Å². The predicted molar refractivity (Wildman–Crippen MR) is 214 cm³/mol. The maximum Gasteiger partial charge on any atom is 0.142 e. The van der Waals surface area contributed by atoms with Gasteiger partial charge in [0.1, 0.15) is 11.3 Å². The predicted octanol–water partition coefficient (Wildman–Crippen LogP) is 13.5. The first-order valence-corrected chi connectivity index (χ1v) is 17.4. The summed E-state index contributed by atoms with van der Waals surface area (Å²) in [4.78, 5) is 2.38. The number of aromatic nitrogens is 1. The van der Waals surface area contributed by atoms with Crippen LogP contribution in [-0.4, -0.2) is 4.57 Å². The molecule has 3 nitrogen and oxygen atoms in total. The van der Waals surface area contributed by atoms with E-state index in [0.717, 1.165) is 61.4 Å². The van der Waals surface area contributed by atoms with Gasteiger partial charge < -0.3 is 13.9 Å². The Bertz CT molecular complexity index is 2830. The van der Waals surface area contributed by atoms with E-state index in [2.05, 4.69) is 185 Å². The summed E-state index contributed by atoms with van der Waals surface area (Å²) in [5, 5.41) is 5.83. The first-order valence-electron chi connectivity index (χ1n) is 17.4. The molecule has 0 fully saturated rings. The highest BCUT2D eigenvalue weighted by atomic mass is 16.3. The second kappa shape index (κ2) is 11.9. The summed E-state index contributed by atoms with van der Waals surface area (Å²) in [7, 11) is 0. The van der Waals surface area contributed by atoms with Crippen molar-refractivity contribution in [2.24, 2.45) is 0 Å². The van der Waals surface area contributed by atoms with E-state index in [4.69, 9.17) is 4.42 Å². The van der Waals surface area contributed by atoms with Gasteiger partial charge in [-0.2, -0.15) is 0 Å². The lowest BCUT2D eigenvalue weighted by atomic mass is 9.99. The van der Waals surface area contributed by atoms with Crippen molar-refractivity contribution in [3.63, 3.8) is 0 Å². The zero-order valence-electron chi connectivity index (χ0n) is 27.8. The number of hydrogen-bond acceptors (Lipinski definition) is 2. The molecule has 0 saturated carbocycles. The molecule has 2 heterocycles. The molecule has 3 heteroatoms. The molecule has 10 aromatic rings. The van der Waals surface area contributed by atoms with Crippen LogP contribution in [-0.2, 0) is 0 Å². The van der Waals surface area contributed by atoms with Gasteiger partial charge in [-0.3, -0.25) is 0 Å². The first-order chi connectivity index (χ1) is 25.3.